The van der Waals surface area contributed by atoms with Crippen molar-refractivity contribution in [2.24, 2.45) is 11.8 Å². The van der Waals surface area contributed by atoms with Gasteiger partial charge in [0.05, 0.1) is 0 Å². The van der Waals surface area contributed by atoms with Crippen molar-refractivity contribution >= 4 is 16.2 Å². The SMILES string of the molecule is CC1CCN(S(=O)(=O)N2C(C(=O)O)CC3CCCCC32)CC1. The third kappa shape index (κ3) is 2.78. The predicted molar refractivity (Wildman–Crippen MR) is 82.5 cm³/mol. The molecule has 3 aliphatic rings. The largest absolute Gasteiger partial charge is 0.480 e. The smallest absolute Gasteiger partial charge is 0.322 e. The van der Waals surface area contributed by atoms with E-state index in [-0.39, 0.29) is 12.0 Å². The van der Waals surface area contributed by atoms with E-state index in [9.17, 15) is 18.3 Å². The number of nitrogens with zero attached hydrogens (tertiary/aromatic N) is 2. The van der Waals surface area contributed by atoms with Crippen molar-refractivity contribution < 1.29 is 18.3 Å². The highest BCUT2D eigenvalue weighted by Crippen LogP contribution is 2.42. The highest BCUT2D eigenvalue weighted by molar-refractivity contribution is 7.86. The zero-order chi connectivity index (χ0) is 15.9. The molecule has 3 fully saturated rings. The second-order valence-corrected chi connectivity index (χ2v) is 8.95. The molecule has 0 spiro atoms. The van der Waals surface area contributed by atoms with Gasteiger partial charge in [-0.2, -0.15) is 17.0 Å². The number of fused-ring (bicyclic) bond motifs is 1. The summed E-state index contributed by atoms with van der Waals surface area (Å²) in [4.78, 5) is 11.6. The zero-order valence-corrected chi connectivity index (χ0v) is 14.0. The van der Waals surface area contributed by atoms with Gasteiger partial charge in [-0.15, -0.1) is 0 Å². The van der Waals surface area contributed by atoms with E-state index >= 15 is 0 Å². The first-order valence-corrected chi connectivity index (χ1v) is 9.82. The van der Waals surface area contributed by atoms with Gasteiger partial charge in [-0.25, -0.2) is 0 Å². The molecule has 0 aromatic heterocycles. The molecule has 2 saturated heterocycles. The van der Waals surface area contributed by atoms with E-state index in [0.29, 0.717) is 25.4 Å². The molecule has 0 aromatic carbocycles. The summed E-state index contributed by atoms with van der Waals surface area (Å²) in [7, 11) is -3.66. The van der Waals surface area contributed by atoms with Crippen LogP contribution < -0.4 is 0 Å². The topological polar surface area (TPSA) is 77.9 Å². The van der Waals surface area contributed by atoms with Gasteiger partial charge in [0.1, 0.15) is 6.04 Å². The lowest BCUT2D eigenvalue weighted by atomic mass is 9.85. The van der Waals surface area contributed by atoms with Gasteiger partial charge in [-0.1, -0.05) is 19.8 Å². The first kappa shape index (κ1) is 16.2. The van der Waals surface area contributed by atoms with Gasteiger partial charge in [0, 0.05) is 19.1 Å². The lowest BCUT2D eigenvalue weighted by molar-refractivity contribution is -0.141. The van der Waals surface area contributed by atoms with Crippen LogP contribution in [-0.2, 0) is 15.0 Å². The number of hydrogen-bond donors (Lipinski definition) is 1. The van der Waals surface area contributed by atoms with Crippen LogP contribution in [-0.4, -0.2) is 53.3 Å². The molecule has 0 amide bonds. The van der Waals surface area contributed by atoms with Crippen LogP contribution in [0, 0.1) is 11.8 Å². The second kappa shape index (κ2) is 6.09. The van der Waals surface area contributed by atoms with E-state index in [0.717, 1.165) is 38.5 Å². The number of carboxylic acids is 1. The third-order valence-corrected chi connectivity index (χ3v) is 7.73. The number of hydrogen-bond acceptors (Lipinski definition) is 3. The number of carboxylic acid groups (broad SMARTS) is 1. The summed E-state index contributed by atoms with van der Waals surface area (Å²) in [5, 5.41) is 9.51. The molecular formula is C15H26N2O4S. The Kier molecular flexibility index (Phi) is 4.49. The van der Waals surface area contributed by atoms with Crippen molar-refractivity contribution in [3.63, 3.8) is 0 Å². The summed E-state index contributed by atoms with van der Waals surface area (Å²) in [5.41, 5.74) is 0. The molecule has 1 aliphatic carbocycles. The summed E-state index contributed by atoms with van der Waals surface area (Å²) >= 11 is 0. The monoisotopic (exact) mass is 330 g/mol. The van der Waals surface area contributed by atoms with E-state index in [1.54, 1.807) is 0 Å². The molecule has 126 valence electrons. The van der Waals surface area contributed by atoms with Gasteiger partial charge in [0.15, 0.2) is 0 Å². The Bertz CT molecular complexity index is 528. The molecule has 1 N–H and O–H groups in total. The molecular weight excluding hydrogens is 304 g/mol. The fourth-order valence-corrected chi connectivity index (χ4v) is 6.37. The number of carbonyl (C=O) groups is 1. The van der Waals surface area contributed by atoms with Gasteiger partial charge in [-0.3, -0.25) is 4.79 Å². The Balaban J connectivity index is 1.87. The Morgan fingerprint density at radius 3 is 2.36 bits per heavy atom. The van der Waals surface area contributed by atoms with Crippen LogP contribution in [0.5, 0.6) is 0 Å². The van der Waals surface area contributed by atoms with Crippen LogP contribution in [0.2, 0.25) is 0 Å². The normalized spacial score (nSPS) is 35.4. The van der Waals surface area contributed by atoms with Gasteiger partial charge >= 0.3 is 5.97 Å². The Morgan fingerprint density at radius 2 is 1.73 bits per heavy atom. The number of aliphatic carboxylic acids is 1. The summed E-state index contributed by atoms with van der Waals surface area (Å²) in [6.07, 6.45) is 6.04. The molecule has 2 heterocycles. The quantitative estimate of drug-likeness (QED) is 0.854. The maximum Gasteiger partial charge on any atom is 0.322 e. The van der Waals surface area contributed by atoms with Crippen LogP contribution >= 0.6 is 0 Å². The van der Waals surface area contributed by atoms with Gasteiger partial charge in [0.2, 0.25) is 0 Å². The maximum atomic E-state index is 13.1. The van der Waals surface area contributed by atoms with Gasteiger partial charge in [0.25, 0.3) is 10.2 Å². The van der Waals surface area contributed by atoms with Crippen LogP contribution in [0.3, 0.4) is 0 Å². The van der Waals surface area contributed by atoms with Crippen LogP contribution in [0.4, 0.5) is 0 Å². The van der Waals surface area contributed by atoms with Crippen molar-refractivity contribution in [3.05, 3.63) is 0 Å². The van der Waals surface area contributed by atoms with Gasteiger partial charge < -0.3 is 5.11 Å². The Labute approximate surface area is 132 Å². The highest BCUT2D eigenvalue weighted by Gasteiger charge is 2.52. The third-order valence-electron chi connectivity index (χ3n) is 5.65. The zero-order valence-electron chi connectivity index (χ0n) is 13.1. The highest BCUT2D eigenvalue weighted by atomic mass is 32.2. The molecule has 2 aliphatic heterocycles. The Hall–Kier alpha value is -0.660. The predicted octanol–water partition coefficient (Wildman–Crippen LogP) is 1.68. The van der Waals surface area contributed by atoms with Crippen LogP contribution in [0.25, 0.3) is 0 Å². The summed E-state index contributed by atoms with van der Waals surface area (Å²) in [5.74, 6) is -0.237. The molecule has 3 atom stereocenters. The standard InChI is InChI=1S/C15H26N2O4S/c1-11-6-8-16(9-7-11)22(20,21)17-13-5-3-2-4-12(13)10-14(17)15(18)19/h11-14H,2-10H2,1H3,(H,18,19). The van der Waals surface area contributed by atoms with Crippen LogP contribution in [0.15, 0.2) is 0 Å². The summed E-state index contributed by atoms with van der Waals surface area (Å²) < 4.78 is 29.0. The number of rotatable bonds is 3. The fraction of sp³-hybridized carbons (Fsp3) is 0.933. The fourth-order valence-electron chi connectivity index (χ4n) is 4.31. The molecule has 7 heteroatoms. The lowest BCUT2D eigenvalue weighted by Gasteiger charge is -2.38. The molecule has 6 nitrogen and oxygen atoms in total. The van der Waals surface area contributed by atoms with E-state index < -0.39 is 22.2 Å². The minimum Gasteiger partial charge on any atom is -0.480 e. The van der Waals surface area contributed by atoms with Crippen molar-refractivity contribution in [1.82, 2.24) is 8.61 Å². The Morgan fingerprint density at radius 1 is 1.09 bits per heavy atom. The first-order valence-electron chi connectivity index (χ1n) is 8.42. The molecule has 3 rings (SSSR count). The van der Waals surface area contributed by atoms with E-state index in [1.165, 1.54) is 8.61 Å². The van der Waals surface area contributed by atoms with Crippen molar-refractivity contribution in [3.8, 4) is 0 Å². The second-order valence-electron chi connectivity index (χ2n) is 7.12. The molecule has 0 bridgehead atoms. The minimum atomic E-state index is -3.66. The van der Waals surface area contributed by atoms with E-state index in [1.807, 2.05) is 0 Å². The maximum absolute atomic E-state index is 13.1. The van der Waals surface area contributed by atoms with Crippen molar-refractivity contribution in [2.75, 3.05) is 13.1 Å². The average Bonchev–Trinajstić information content (AvgIpc) is 2.88. The van der Waals surface area contributed by atoms with E-state index in [4.69, 9.17) is 0 Å². The minimum absolute atomic E-state index is 0.112. The lowest BCUT2D eigenvalue weighted by Crippen LogP contribution is -2.53. The average molecular weight is 330 g/mol. The molecule has 3 unspecified atom stereocenters. The van der Waals surface area contributed by atoms with E-state index in [2.05, 4.69) is 6.92 Å². The molecule has 0 radical (unpaired) electrons. The summed E-state index contributed by atoms with van der Waals surface area (Å²) in [6.45, 7) is 3.17. The molecule has 1 saturated carbocycles. The van der Waals surface area contributed by atoms with Gasteiger partial charge in [-0.05, 0) is 43.9 Å². The molecule has 22 heavy (non-hydrogen) atoms. The number of piperidine rings is 1. The summed E-state index contributed by atoms with van der Waals surface area (Å²) in [6, 6.07) is -0.989. The van der Waals surface area contributed by atoms with Crippen LogP contribution in [0.1, 0.15) is 51.9 Å². The first-order chi connectivity index (χ1) is 10.4. The molecule has 0 aromatic rings. The van der Waals surface area contributed by atoms with Crippen molar-refractivity contribution in [1.29, 1.82) is 0 Å². The van der Waals surface area contributed by atoms with Crippen molar-refractivity contribution in [2.45, 2.75) is 64.0 Å².